The maximum absolute atomic E-state index is 12.8. The first kappa shape index (κ1) is 15.3. The predicted octanol–water partition coefficient (Wildman–Crippen LogP) is 3.92. The number of nitrogens with two attached hydrogens (primary N) is 1. The standard InChI is InChI=1S/C15H13F4NO/c16-11-7-5-10(6-8-11)13(20)9-21-14-4-2-1-3-12(14)15(17,18)19/h1-8,13H,9,20H2. The third kappa shape index (κ3) is 3.95. The number of hydrogen-bond donors (Lipinski definition) is 1. The normalized spacial score (nSPS) is 13.0. The van der Waals surface area contributed by atoms with Crippen molar-refractivity contribution in [3.63, 3.8) is 0 Å². The van der Waals surface area contributed by atoms with Gasteiger partial charge in [0.25, 0.3) is 0 Å². The summed E-state index contributed by atoms with van der Waals surface area (Å²) in [4.78, 5) is 0. The minimum atomic E-state index is -4.49. The zero-order chi connectivity index (χ0) is 15.5. The third-order valence-electron chi connectivity index (χ3n) is 2.91. The molecule has 0 aromatic heterocycles. The molecule has 0 saturated heterocycles. The maximum atomic E-state index is 12.8. The lowest BCUT2D eigenvalue weighted by atomic mass is 10.1. The van der Waals surface area contributed by atoms with E-state index in [1.165, 1.54) is 42.5 Å². The second kappa shape index (κ2) is 6.13. The average Bonchev–Trinajstić information content (AvgIpc) is 2.45. The van der Waals surface area contributed by atoms with Crippen molar-refractivity contribution < 1.29 is 22.3 Å². The minimum absolute atomic E-state index is 0.140. The van der Waals surface area contributed by atoms with Gasteiger partial charge in [0.15, 0.2) is 0 Å². The van der Waals surface area contributed by atoms with E-state index in [0.29, 0.717) is 5.56 Å². The molecule has 1 unspecified atom stereocenters. The van der Waals surface area contributed by atoms with Gasteiger partial charge in [-0.3, -0.25) is 0 Å². The molecule has 0 heterocycles. The lowest BCUT2D eigenvalue weighted by Crippen LogP contribution is -2.20. The molecule has 0 aliphatic heterocycles. The van der Waals surface area contributed by atoms with Crippen LogP contribution in [0.1, 0.15) is 17.2 Å². The molecule has 2 aromatic carbocycles. The molecule has 112 valence electrons. The van der Waals surface area contributed by atoms with Crippen molar-refractivity contribution in [3.8, 4) is 5.75 Å². The van der Waals surface area contributed by atoms with Gasteiger partial charge in [-0.15, -0.1) is 0 Å². The van der Waals surface area contributed by atoms with Crippen LogP contribution in [0.2, 0.25) is 0 Å². The van der Waals surface area contributed by atoms with E-state index in [4.69, 9.17) is 10.5 Å². The van der Waals surface area contributed by atoms with E-state index in [-0.39, 0.29) is 12.4 Å². The molecule has 0 aliphatic rings. The Kier molecular flexibility index (Phi) is 4.47. The van der Waals surface area contributed by atoms with Crippen LogP contribution in [0.15, 0.2) is 48.5 Å². The molecule has 0 aliphatic carbocycles. The van der Waals surface area contributed by atoms with Crippen molar-refractivity contribution in [1.29, 1.82) is 0 Å². The van der Waals surface area contributed by atoms with Gasteiger partial charge < -0.3 is 10.5 Å². The van der Waals surface area contributed by atoms with Gasteiger partial charge in [-0.2, -0.15) is 13.2 Å². The monoisotopic (exact) mass is 299 g/mol. The average molecular weight is 299 g/mol. The smallest absolute Gasteiger partial charge is 0.419 e. The molecule has 0 amide bonds. The van der Waals surface area contributed by atoms with Crippen LogP contribution in [-0.4, -0.2) is 6.61 Å². The molecule has 0 radical (unpaired) electrons. The zero-order valence-corrected chi connectivity index (χ0v) is 10.9. The second-order valence-electron chi connectivity index (χ2n) is 4.46. The van der Waals surface area contributed by atoms with Crippen LogP contribution in [-0.2, 0) is 6.18 Å². The molecule has 0 bridgehead atoms. The van der Waals surface area contributed by atoms with Crippen LogP contribution in [0.4, 0.5) is 17.6 Å². The van der Waals surface area contributed by atoms with Crippen molar-refractivity contribution in [2.24, 2.45) is 5.73 Å². The highest BCUT2D eigenvalue weighted by molar-refractivity contribution is 5.35. The highest BCUT2D eigenvalue weighted by Crippen LogP contribution is 2.36. The van der Waals surface area contributed by atoms with E-state index in [0.717, 1.165) is 6.07 Å². The number of halogens is 4. The number of ether oxygens (including phenoxy) is 1. The summed E-state index contributed by atoms with van der Waals surface area (Å²) < 4.78 is 56.3. The van der Waals surface area contributed by atoms with Crippen molar-refractivity contribution in [1.82, 2.24) is 0 Å². The molecular formula is C15H13F4NO. The molecule has 2 N–H and O–H groups in total. The molecular weight excluding hydrogens is 286 g/mol. The Morgan fingerprint density at radius 1 is 1.00 bits per heavy atom. The van der Waals surface area contributed by atoms with E-state index in [1.807, 2.05) is 0 Å². The van der Waals surface area contributed by atoms with E-state index < -0.39 is 23.6 Å². The Morgan fingerprint density at radius 2 is 1.62 bits per heavy atom. The van der Waals surface area contributed by atoms with Crippen molar-refractivity contribution in [2.45, 2.75) is 12.2 Å². The number of para-hydroxylation sites is 1. The quantitative estimate of drug-likeness (QED) is 0.868. The zero-order valence-electron chi connectivity index (χ0n) is 10.9. The Labute approximate surface area is 119 Å². The third-order valence-corrected chi connectivity index (χ3v) is 2.91. The molecule has 2 aromatic rings. The SMILES string of the molecule is NC(COc1ccccc1C(F)(F)F)c1ccc(F)cc1. The molecule has 0 spiro atoms. The van der Waals surface area contributed by atoms with Gasteiger partial charge in [0, 0.05) is 0 Å². The maximum Gasteiger partial charge on any atom is 0.419 e. The molecule has 21 heavy (non-hydrogen) atoms. The fourth-order valence-electron chi connectivity index (χ4n) is 1.81. The molecule has 2 rings (SSSR count). The van der Waals surface area contributed by atoms with Gasteiger partial charge in [0.05, 0.1) is 11.6 Å². The largest absolute Gasteiger partial charge is 0.491 e. The van der Waals surface area contributed by atoms with Gasteiger partial charge in [0.1, 0.15) is 18.2 Å². The minimum Gasteiger partial charge on any atom is -0.491 e. The highest BCUT2D eigenvalue weighted by atomic mass is 19.4. The summed E-state index contributed by atoms with van der Waals surface area (Å²) in [6.07, 6.45) is -4.49. The van der Waals surface area contributed by atoms with Crippen molar-refractivity contribution in [2.75, 3.05) is 6.61 Å². The van der Waals surface area contributed by atoms with Crippen molar-refractivity contribution in [3.05, 3.63) is 65.5 Å². The molecule has 0 fully saturated rings. The van der Waals surface area contributed by atoms with E-state index in [2.05, 4.69) is 0 Å². The Morgan fingerprint density at radius 3 is 2.24 bits per heavy atom. The van der Waals surface area contributed by atoms with Crippen molar-refractivity contribution >= 4 is 0 Å². The summed E-state index contributed by atoms with van der Waals surface area (Å²) in [5, 5.41) is 0. The summed E-state index contributed by atoms with van der Waals surface area (Å²) in [6.45, 7) is -0.140. The van der Waals surface area contributed by atoms with E-state index >= 15 is 0 Å². The number of hydrogen-bond acceptors (Lipinski definition) is 2. The van der Waals surface area contributed by atoms with Crippen LogP contribution in [0.3, 0.4) is 0 Å². The fraction of sp³-hybridized carbons (Fsp3) is 0.200. The first-order chi connectivity index (χ1) is 9.88. The van der Waals surface area contributed by atoms with Crippen LogP contribution in [0, 0.1) is 5.82 Å². The summed E-state index contributed by atoms with van der Waals surface area (Å²) >= 11 is 0. The summed E-state index contributed by atoms with van der Waals surface area (Å²) in [5.41, 5.74) is 5.56. The van der Waals surface area contributed by atoms with Crippen LogP contribution < -0.4 is 10.5 Å². The van der Waals surface area contributed by atoms with Gasteiger partial charge in [-0.25, -0.2) is 4.39 Å². The van der Waals surface area contributed by atoms with Crippen LogP contribution >= 0.6 is 0 Å². The highest BCUT2D eigenvalue weighted by Gasteiger charge is 2.34. The number of alkyl halides is 3. The Balaban J connectivity index is 2.08. The van der Waals surface area contributed by atoms with Gasteiger partial charge >= 0.3 is 6.18 Å². The first-order valence-electron chi connectivity index (χ1n) is 6.18. The molecule has 2 nitrogen and oxygen atoms in total. The Bertz CT molecular complexity index is 595. The number of rotatable bonds is 4. The lowest BCUT2D eigenvalue weighted by molar-refractivity contribution is -0.139. The number of benzene rings is 2. The summed E-state index contributed by atoms with van der Waals surface area (Å²) in [6, 6.07) is 9.69. The predicted molar refractivity (Wildman–Crippen MR) is 70.3 cm³/mol. The second-order valence-corrected chi connectivity index (χ2v) is 4.46. The van der Waals surface area contributed by atoms with Gasteiger partial charge in [-0.05, 0) is 29.8 Å². The Hall–Kier alpha value is -2.08. The molecule has 0 saturated carbocycles. The summed E-state index contributed by atoms with van der Waals surface area (Å²) in [7, 11) is 0. The fourth-order valence-corrected chi connectivity index (χ4v) is 1.81. The van der Waals surface area contributed by atoms with Crippen LogP contribution in [0.25, 0.3) is 0 Å². The molecule has 6 heteroatoms. The lowest BCUT2D eigenvalue weighted by Gasteiger charge is -2.17. The first-order valence-corrected chi connectivity index (χ1v) is 6.18. The van der Waals surface area contributed by atoms with Gasteiger partial charge in [-0.1, -0.05) is 24.3 Å². The molecule has 1 atom stereocenters. The van der Waals surface area contributed by atoms with Gasteiger partial charge in [0.2, 0.25) is 0 Å². The van der Waals surface area contributed by atoms with E-state index in [1.54, 1.807) is 0 Å². The summed E-state index contributed by atoms with van der Waals surface area (Å²) in [5.74, 6) is -0.683. The van der Waals surface area contributed by atoms with E-state index in [9.17, 15) is 17.6 Å². The topological polar surface area (TPSA) is 35.2 Å². The van der Waals surface area contributed by atoms with Crippen LogP contribution in [0.5, 0.6) is 5.75 Å².